The predicted octanol–water partition coefficient (Wildman–Crippen LogP) is 5.18. The van der Waals surface area contributed by atoms with E-state index in [0.29, 0.717) is 17.8 Å². The van der Waals surface area contributed by atoms with Crippen molar-refractivity contribution in [2.75, 3.05) is 0 Å². The van der Waals surface area contributed by atoms with E-state index >= 15 is 0 Å². The molecule has 0 saturated heterocycles. The number of hydrogen-bond acceptors (Lipinski definition) is 1. The van der Waals surface area contributed by atoms with Gasteiger partial charge in [-0.3, -0.25) is 0 Å². The SMILES string of the molecule is C[C@H](CC1CC1CC(C)(C)C)C1CCC(O)(C(F)(F)F)C1. The number of alkyl halides is 3. The zero-order chi connectivity index (χ0) is 16.1. The maximum absolute atomic E-state index is 12.9. The van der Waals surface area contributed by atoms with Gasteiger partial charge in [0.15, 0.2) is 5.60 Å². The maximum Gasteiger partial charge on any atom is 0.417 e. The van der Waals surface area contributed by atoms with Crippen molar-refractivity contribution in [2.24, 2.45) is 29.1 Å². The van der Waals surface area contributed by atoms with Gasteiger partial charge in [-0.05, 0) is 67.6 Å². The summed E-state index contributed by atoms with van der Waals surface area (Å²) in [4.78, 5) is 0. The van der Waals surface area contributed by atoms with Crippen molar-refractivity contribution < 1.29 is 18.3 Å². The molecule has 2 saturated carbocycles. The molecule has 5 atom stereocenters. The highest BCUT2D eigenvalue weighted by Crippen LogP contribution is 2.53. The molecule has 1 N–H and O–H groups in total. The third-order valence-electron chi connectivity index (χ3n) is 5.48. The van der Waals surface area contributed by atoms with Crippen molar-refractivity contribution in [3.63, 3.8) is 0 Å². The van der Waals surface area contributed by atoms with Gasteiger partial charge in [-0.2, -0.15) is 13.2 Å². The van der Waals surface area contributed by atoms with E-state index in [4.69, 9.17) is 0 Å². The third kappa shape index (κ3) is 4.14. The molecule has 2 aliphatic rings. The summed E-state index contributed by atoms with van der Waals surface area (Å²) >= 11 is 0. The van der Waals surface area contributed by atoms with Crippen LogP contribution in [-0.2, 0) is 0 Å². The van der Waals surface area contributed by atoms with Crippen molar-refractivity contribution in [1.29, 1.82) is 0 Å². The van der Waals surface area contributed by atoms with Gasteiger partial charge in [0.05, 0.1) is 0 Å². The standard InChI is InChI=1S/C17H29F3O/c1-11(7-13-8-14(13)9-15(2,3)4)12-5-6-16(21,10-12)17(18,19)20/h11-14,21H,5-10H2,1-4H3/t11-,12?,13?,14?,16?/m1/s1. The van der Waals surface area contributed by atoms with Crippen LogP contribution in [0.2, 0.25) is 0 Å². The molecule has 21 heavy (non-hydrogen) atoms. The van der Waals surface area contributed by atoms with E-state index in [2.05, 4.69) is 27.7 Å². The van der Waals surface area contributed by atoms with Crippen LogP contribution in [-0.4, -0.2) is 16.9 Å². The fraction of sp³-hybridized carbons (Fsp3) is 1.00. The summed E-state index contributed by atoms with van der Waals surface area (Å²) < 4.78 is 38.6. The summed E-state index contributed by atoms with van der Waals surface area (Å²) in [7, 11) is 0. The summed E-state index contributed by atoms with van der Waals surface area (Å²) in [5.41, 5.74) is -2.09. The molecule has 0 spiro atoms. The van der Waals surface area contributed by atoms with Gasteiger partial charge in [0.25, 0.3) is 0 Å². The van der Waals surface area contributed by atoms with E-state index in [-0.39, 0.29) is 24.7 Å². The van der Waals surface area contributed by atoms with Crippen molar-refractivity contribution in [3.8, 4) is 0 Å². The lowest BCUT2D eigenvalue weighted by molar-refractivity contribution is -0.258. The first kappa shape index (κ1) is 17.1. The molecule has 0 aliphatic heterocycles. The summed E-state index contributed by atoms with van der Waals surface area (Å²) in [5.74, 6) is 1.76. The molecule has 2 rings (SSSR count). The van der Waals surface area contributed by atoms with E-state index in [1.165, 1.54) is 12.8 Å². The van der Waals surface area contributed by atoms with Gasteiger partial charge in [0.2, 0.25) is 0 Å². The van der Waals surface area contributed by atoms with E-state index < -0.39 is 11.8 Å². The Morgan fingerprint density at radius 2 is 1.81 bits per heavy atom. The van der Waals surface area contributed by atoms with Crippen molar-refractivity contribution in [3.05, 3.63) is 0 Å². The monoisotopic (exact) mass is 306 g/mol. The Kier molecular flexibility index (Phi) is 4.43. The number of aliphatic hydroxyl groups is 1. The molecule has 4 heteroatoms. The zero-order valence-corrected chi connectivity index (χ0v) is 13.6. The number of hydrogen-bond donors (Lipinski definition) is 1. The summed E-state index contributed by atoms with van der Waals surface area (Å²) in [6, 6.07) is 0. The molecule has 124 valence electrons. The number of halogens is 3. The van der Waals surface area contributed by atoms with Crippen molar-refractivity contribution in [1.82, 2.24) is 0 Å². The Hall–Kier alpha value is -0.250. The molecule has 1 nitrogen and oxygen atoms in total. The van der Waals surface area contributed by atoms with Gasteiger partial charge in [-0.1, -0.05) is 27.7 Å². The number of rotatable bonds is 4. The van der Waals surface area contributed by atoms with Crippen LogP contribution in [0.25, 0.3) is 0 Å². The smallest absolute Gasteiger partial charge is 0.380 e. The average molecular weight is 306 g/mol. The van der Waals surface area contributed by atoms with Gasteiger partial charge in [0.1, 0.15) is 0 Å². The second kappa shape index (κ2) is 5.43. The first-order valence-corrected chi connectivity index (χ1v) is 8.20. The first-order valence-electron chi connectivity index (χ1n) is 8.20. The Balaban J connectivity index is 1.80. The normalized spacial score (nSPS) is 38.6. The minimum absolute atomic E-state index is 0.0208. The van der Waals surface area contributed by atoms with Crippen LogP contribution in [0.4, 0.5) is 13.2 Å². The molecular weight excluding hydrogens is 277 g/mol. The van der Waals surface area contributed by atoms with Crippen LogP contribution in [0.15, 0.2) is 0 Å². The lowest BCUT2D eigenvalue weighted by atomic mass is 9.84. The lowest BCUT2D eigenvalue weighted by Gasteiger charge is -2.27. The molecular formula is C17H29F3O. The van der Waals surface area contributed by atoms with Crippen LogP contribution in [0, 0.1) is 29.1 Å². The van der Waals surface area contributed by atoms with Crippen LogP contribution in [0.5, 0.6) is 0 Å². The van der Waals surface area contributed by atoms with Gasteiger partial charge in [-0.25, -0.2) is 0 Å². The molecule has 0 aromatic heterocycles. The summed E-state index contributed by atoms with van der Waals surface area (Å²) in [6.45, 7) is 8.80. The summed E-state index contributed by atoms with van der Waals surface area (Å²) in [5, 5.41) is 9.78. The predicted molar refractivity (Wildman–Crippen MR) is 77.8 cm³/mol. The van der Waals surface area contributed by atoms with Crippen LogP contribution < -0.4 is 0 Å². The van der Waals surface area contributed by atoms with Gasteiger partial charge < -0.3 is 5.11 Å². The van der Waals surface area contributed by atoms with Crippen molar-refractivity contribution in [2.45, 2.75) is 78.0 Å². The molecule has 0 aromatic carbocycles. The molecule has 0 bridgehead atoms. The minimum Gasteiger partial charge on any atom is -0.380 e. The molecule has 0 aromatic rings. The lowest BCUT2D eigenvalue weighted by Crippen LogP contribution is -2.42. The van der Waals surface area contributed by atoms with E-state index in [0.717, 1.165) is 12.3 Å². The van der Waals surface area contributed by atoms with E-state index in [1.54, 1.807) is 0 Å². The summed E-state index contributed by atoms with van der Waals surface area (Å²) in [6.07, 6.45) is -0.724. The second-order valence-electron chi connectivity index (χ2n) is 8.77. The first-order chi connectivity index (χ1) is 9.41. The molecule has 2 aliphatic carbocycles. The molecule has 2 fully saturated rings. The largest absolute Gasteiger partial charge is 0.417 e. The molecule has 0 radical (unpaired) electrons. The fourth-order valence-corrected chi connectivity index (χ4v) is 4.11. The Labute approximate surface area is 126 Å². The Morgan fingerprint density at radius 1 is 1.19 bits per heavy atom. The maximum atomic E-state index is 12.9. The Morgan fingerprint density at radius 3 is 2.29 bits per heavy atom. The zero-order valence-electron chi connectivity index (χ0n) is 13.6. The third-order valence-corrected chi connectivity index (χ3v) is 5.48. The quantitative estimate of drug-likeness (QED) is 0.759. The van der Waals surface area contributed by atoms with E-state index in [9.17, 15) is 18.3 Å². The van der Waals surface area contributed by atoms with Crippen molar-refractivity contribution >= 4 is 0 Å². The highest BCUT2D eigenvalue weighted by atomic mass is 19.4. The average Bonchev–Trinajstić information content (AvgIpc) is 2.83. The molecule has 0 amide bonds. The van der Waals surface area contributed by atoms with Gasteiger partial charge in [0, 0.05) is 0 Å². The molecule has 4 unspecified atom stereocenters. The van der Waals surface area contributed by atoms with E-state index in [1.807, 2.05) is 0 Å². The van der Waals surface area contributed by atoms with Gasteiger partial charge >= 0.3 is 6.18 Å². The van der Waals surface area contributed by atoms with Gasteiger partial charge in [-0.15, -0.1) is 0 Å². The fourth-order valence-electron chi connectivity index (χ4n) is 4.11. The Bertz CT molecular complexity index is 371. The van der Waals surface area contributed by atoms with Crippen LogP contribution in [0.3, 0.4) is 0 Å². The second-order valence-corrected chi connectivity index (χ2v) is 8.77. The minimum atomic E-state index is -4.48. The molecule has 0 heterocycles. The van der Waals surface area contributed by atoms with Crippen LogP contribution >= 0.6 is 0 Å². The highest BCUT2D eigenvalue weighted by molar-refractivity contribution is 4.98. The van der Waals surface area contributed by atoms with Crippen LogP contribution in [0.1, 0.15) is 66.2 Å². The topological polar surface area (TPSA) is 20.2 Å². The highest BCUT2D eigenvalue weighted by Gasteiger charge is 2.57.